The molecule has 1 fully saturated rings. The summed E-state index contributed by atoms with van der Waals surface area (Å²) in [6, 6.07) is 8.13. The van der Waals surface area contributed by atoms with Gasteiger partial charge in [0.2, 0.25) is 5.91 Å². The summed E-state index contributed by atoms with van der Waals surface area (Å²) in [5.74, 6) is 1.93. The van der Waals surface area contributed by atoms with Crippen LogP contribution < -0.4 is 9.64 Å². The molecule has 2 aromatic rings. The number of hydrogen-bond acceptors (Lipinski definition) is 4. The number of nitrogens with zero attached hydrogens (tertiary/aromatic N) is 3. The molecule has 1 aliphatic heterocycles. The Balaban J connectivity index is 1.81. The van der Waals surface area contributed by atoms with E-state index in [0.717, 1.165) is 55.1 Å². The molecule has 1 aliphatic rings. The number of alkyl halides is 1. The van der Waals surface area contributed by atoms with E-state index >= 15 is 0 Å². The van der Waals surface area contributed by atoms with Crippen molar-refractivity contribution in [2.45, 2.75) is 25.1 Å². The number of aryl methyl sites for hydroxylation is 1. The topological polar surface area (TPSA) is 45.7 Å². The Bertz CT molecular complexity index is 773. The van der Waals surface area contributed by atoms with Crippen molar-refractivity contribution in [3.8, 4) is 5.75 Å². The van der Waals surface area contributed by atoms with Gasteiger partial charge in [0.15, 0.2) is 0 Å². The Morgan fingerprint density at radius 3 is 2.68 bits per heavy atom. The van der Waals surface area contributed by atoms with Crippen molar-refractivity contribution in [3.05, 3.63) is 29.8 Å². The first-order valence-electron chi connectivity index (χ1n) is 8.67. The van der Waals surface area contributed by atoms with Crippen molar-refractivity contribution in [1.82, 2.24) is 9.88 Å². The number of aromatic nitrogens is 1. The van der Waals surface area contributed by atoms with Gasteiger partial charge in [-0.15, -0.1) is 0 Å². The standard InChI is InChI=1S/C19H24BrN3O2/c1-4-15(20)19(24)23-10-8-22(9-11-23)17-12-13(2)14-6-5-7-16(25-3)18(14)21-17/h5-7,12,15H,4,8-11H2,1-3H3. The van der Waals surface area contributed by atoms with E-state index in [1.54, 1.807) is 7.11 Å². The van der Waals surface area contributed by atoms with Gasteiger partial charge in [-0.3, -0.25) is 4.79 Å². The number of fused-ring (bicyclic) bond motifs is 1. The van der Waals surface area contributed by atoms with Gasteiger partial charge in [-0.25, -0.2) is 4.98 Å². The van der Waals surface area contributed by atoms with Gasteiger partial charge in [0.1, 0.15) is 17.1 Å². The molecule has 5 nitrogen and oxygen atoms in total. The first kappa shape index (κ1) is 18.0. The fraction of sp³-hybridized carbons (Fsp3) is 0.474. The lowest BCUT2D eigenvalue weighted by molar-refractivity contribution is -0.130. The molecule has 1 saturated heterocycles. The molecular formula is C19H24BrN3O2. The normalized spacial score (nSPS) is 16.2. The maximum atomic E-state index is 12.3. The SMILES string of the molecule is CCC(Br)C(=O)N1CCN(c2cc(C)c3cccc(OC)c3n2)CC1. The third kappa shape index (κ3) is 3.59. The second-order valence-electron chi connectivity index (χ2n) is 6.34. The van der Waals surface area contributed by atoms with Crippen LogP contribution in [0, 0.1) is 6.92 Å². The molecule has 0 saturated carbocycles. The van der Waals surface area contributed by atoms with Crippen molar-refractivity contribution in [2.24, 2.45) is 0 Å². The molecule has 1 atom stereocenters. The summed E-state index contributed by atoms with van der Waals surface area (Å²) in [6.45, 7) is 7.16. The van der Waals surface area contributed by atoms with Crippen LogP contribution in [0.15, 0.2) is 24.3 Å². The summed E-state index contributed by atoms with van der Waals surface area (Å²) >= 11 is 3.46. The Morgan fingerprint density at radius 2 is 2.04 bits per heavy atom. The van der Waals surface area contributed by atoms with Gasteiger partial charge in [-0.1, -0.05) is 35.0 Å². The number of piperazine rings is 1. The van der Waals surface area contributed by atoms with Crippen LogP contribution in [0.2, 0.25) is 0 Å². The Hall–Kier alpha value is -1.82. The number of methoxy groups -OCH3 is 1. The van der Waals surface area contributed by atoms with Crippen molar-refractivity contribution in [3.63, 3.8) is 0 Å². The molecule has 134 valence electrons. The van der Waals surface area contributed by atoms with Gasteiger partial charge in [0.25, 0.3) is 0 Å². The quantitative estimate of drug-likeness (QED) is 0.731. The number of hydrogen-bond donors (Lipinski definition) is 0. The second kappa shape index (κ2) is 7.60. The summed E-state index contributed by atoms with van der Waals surface area (Å²) in [4.78, 5) is 21.3. The zero-order valence-corrected chi connectivity index (χ0v) is 16.5. The van der Waals surface area contributed by atoms with Crippen LogP contribution in [0.3, 0.4) is 0 Å². The number of rotatable bonds is 4. The molecule has 0 spiro atoms. The highest BCUT2D eigenvalue weighted by Gasteiger charge is 2.25. The minimum Gasteiger partial charge on any atom is -0.494 e. The lowest BCUT2D eigenvalue weighted by atomic mass is 10.1. The average Bonchev–Trinajstić information content (AvgIpc) is 2.66. The minimum atomic E-state index is -0.0793. The highest BCUT2D eigenvalue weighted by atomic mass is 79.9. The highest BCUT2D eigenvalue weighted by molar-refractivity contribution is 9.10. The fourth-order valence-corrected chi connectivity index (χ4v) is 3.52. The van der Waals surface area contributed by atoms with E-state index in [-0.39, 0.29) is 10.7 Å². The number of carbonyl (C=O) groups excluding carboxylic acids is 1. The van der Waals surface area contributed by atoms with Gasteiger partial charge in [-0.2, -0.15) is 0 Å². The van der Waals surface area contributed by atoms with Gasteiger partial charge in [-0.05, 0) is 31.0 Å². The number of halogens is 1. The van der Waals surface area contributed by atoms with Crippen LogP contribution in [0.5, 0.6) is 5.75 Å². The number of ether oxygens (including phenoxy) is 1. The molecule has 1 amide bonds. The van der Waals surface area contributed by atoms with E-state index in [9.17, 15) is 4.79 Å². The first-order chi connectivity index (χ1) is 12.0. The van der Waals surface area contributed by atoms with Crippen molar-refractivity contribution < 1.29 is 9.53 Å². The van der Waals surface area contributed by atoms with E-state index in [0.29, 0.717) is 0 Å². The van der Waals surface area contributed by atoms with Crippen LogP contribution in [0.25, 0.3) is 10.9 Å². The second-order valence-corrected chi connectivity index (χ2v) is 7.45. The lowest BCUT2D eigenvalue weighted by Crippen LogP contribution is -2.50. The maximum Gasteiger partial charge on any atom is 0.236 e. The summed E-state index contributed by atoms with van der Waals surface area (Å²) in [7, 11) is 1.67. The number of pyridine rings is 1. The van der Waals surface area contributed by atoms with E-state index in [2.05, 4.69) is 39.9 Å². The molecule has 1 unspecified atom stereocenters. The predicted octanol–water partition coefficient (Wildman–Crippen LogP) is 3.37. The monoisotopic (exact) mass is 405 g/mol. The Kier molecular flexibility index (Phi) is 5.47. The predicted molar refractivity (Wildman–Crippen MR) is 105 cm³/mol. The number of carbonyl (C=O) groups is 1. The third-order valence-corrected chi connectivity index (χ3v) is 5.80. The van der Waals surface area contributed by atoms with Crippen molar-refractivity contribution in [2.75, 3.05) is 38.2 Å². The average molecular weight is 406 g/mol. The van der Waals surface area contributed by atoms with Crippen LogP contribution >= 0.6 is 15.9 Å². The molecule has 0 aliphatic carbocycles. The van der Waals surface area contributed by atoms with E-state index < -0.39 is 0 Å². The molecular weight excluding hydrogens is 382 g/mol. The smallest absolute Gasteiger partial charge is 0.236 e. The van der Waals surface area contributed by atoms with E-state index in [1.165, 1.54) is 5.56 Å². The largest absolute Gasteiger partial charge is 0.494 e. The maximum absolute atomic E-state index is 12.3. The third-order valence-electron chi connectivity index (χ3n) is 4.76. The first-order valence-corrected chi connectivity index (χ1v) is 9.59. The lowest BCUT2D eigenvalue weighted by Gasteiger charge is -2.36. The number of para-hydroxylation sites is 1. The molecule has 25 heavy (non-hydrogen) atoms. The van der Waals surface area contributed by atoms with Crippen molar-refractivity contribution in [1.29, 1.82) is 0 Å². The zero-order valence-electron chi connectivity index (χ0n) is 15.0. The van der Waals surface area contributed by atoms with Crippen LogP contribution in [0.4, 0.5) is 5.82 Å². The molecule has 6 heteroatoms. The number of benzene rings is 1. The molecule has 0 bridgehead atoms. The molecule has 3 rings (SSSR count). The molecule has 0 N–H and O–H groups in total. The summed E-state index contributed by atoms with van der Waals surface area (Å²) in [6.07, 6.45) is 0.810. The van der Waals surface area contributed by atoms with Crippen LogP contribution in [0.1, 0.15) is 18.9 Å². The molecule has 1 aromatic carbocycles. The fourth-order valence-electron chi connectivity index (χ4n) is 3.23. The zero-order chi connectivity index (χ0) is 18.0. The van der Waals surface area contributed by atoms with Gasteiger partial charge >= 0.3 is 0 Å². The summed E-state index contributed by atoms with van der Waals surface area (Å²) < 4.78 is 5.47. The van der Waals surface area contributed by atoms with Crippen LogP contribution in [-0.2, 0) is 4.79 Å². The van der Waals surface area contributed by atoms with Gasteiger partial charge in [0.05, 0.1) is 11.9 Å². The molecule has 1 aromatic heterocycles. The summed E-state index contributed by atoms with van der Waals surface area (Å²) in [5.41, 5.74) is 2.08. The highest BCUT2D eigenvalue weighted by Crippen LogP contribution is 2.29. The molecule has 2 heterocycles. The number of anilines is 1. The van der Waals surface area contributed by atoms with Gasteiger partial charge < -0.3 is 14.5 Å². The Labute approximate surface area is 157 Å². The van der Waals surface area contributed by atoms with Crippen molar-refractivity contribution >= 4 is 38.6 Å². The van der Waals surface area contributed by atoms with Gasteiger partial charge in [0, 0.05) is 31.6 Å². The van der Waals surface area contributed by atoms with E-state index in [1.807, 2.05) is 24.0 Å². The molecule has 0 radical (unpaired) electrons. The summed E-state index contributed by atoms with van der Waals surface area (Å²) in [5, 5.41) is 1.11. The number of amides is 1. The minimum absolute atomic E-state index is 0.0793. The Morgan fingerprint density at radius 1 is 1.32 bits per heavy atom. The van der Waals surface area contributed by atoms with E-state index in [4.69, 9.17) is 9.72 Å². The van der Waals surface area contributed by atoms with Crippen LogP contribution in [-0.4, -0.2) is 53.9 Å².